The number of benzene rings is 1. The van der Waals surface area contributed by atoms with E-state index in [1.807, 2.05) is 25.8 Å². The molecule has 0 unspecified atom stereocenters. The molecule has 1 heterocycles. The van der Waals surface area contributed by atoms with E-state index in [0.29, 0.717) is 18.7 Å². The molecule has 2 amide bonds. The predicted octanol–water partition coefficient (Wildman–Crippen LogP) is 2.82. The van der Waals surface area contributed by atoms with Crippen molar-refractivity contribution in [1.29, 1.82) is 0 Å². The molecule has 168 valence electrons. The third kappa shape index (κ3) is 7.85. The number of halogens is 3. The summed E-state index contributed by atoms with van der Waals surface area (Å²) in [4.78, 5) is 28.4. The standard InChI is InChI=1S/C21H30F3N3O3/c1-15(2)26(3)20(29)17-7-9-27(10-8-17)13-19(28)25-12-16-5-4-6-18(11-16)30-14-21(22,23)24/h4-6,11,15,17H,7-10,12-14H2,1-3H3,(H,25,28). The van der Waals surface area contributed by atoms with Gasteiger partial charge in [0.15, 0.2) is 6.61 Å². The van der Waals surface area contributed by atoms with Gasteiger partial charge in [0.1, 0.15) is 5.75 Å². The second kappa shape index (κ2) is 10.7. The molecule has 0 aliphatic carbocycles. The van der Waals surface area contributed by atoms with Crippen molar-refractivity contribution in [2.24, 2.45) is 5.92 Å². The lowest BCUT2D eigenvalue weighted by atomic mass is 9.95. The number of nitrogens with zero attached hydrogens (tertiary/aromatic N) is 2. The molecule has 1 aliphatic heterocycles. The minimum absolute atomic E-state index is 0.00357. The van der Waals surface area contributed by atoms with Crippen LogP contribution < -0.4 is 10.1 Å². The number of hydrogen-bond donors (Lipinski definition) is 1. The minimum atomic E-state index is -4.40. The van der Waals surface area contributed by atoms with E-state index >= 15 is 0 Å². The van der Waals surface area contributed by atoms with Crippen molar-refractivity contribution in [3.63, 3.8) is 0 Å². The maximum absolute atomic E-state index is 12.4. The molecule has 6 nitrogen and oxygen atoms in total. The second-order valence-corrected chi connectivity index (χ2v) is 7.92. The molecule has 1 saturated heterocycles. The number of amides is 2. The van der Waals surface area contributed by atoms with Crippen LogP contribution in [0.3, 0.4) is 0 Å². The van der Waals surface area contributed by atoms with E-state index in [2.05, 4.69) is 5.32 Å². The van der Waals surface area contributed by atoms with E-state index < -0.39 is 12.8 Å². The molecule has 1 aromatic carbocycles. The van der Waals surface area contributed by atoms with Gasteiger partial charge in [-0.1, -0.05) is 12.1 Å². The largest absolute Gasteiger partial charge is 0.484 e. The average Bonchev–Trinajstić information content (AvgIpc) is 2.70. The lowest BCUT2D eigenvalue weighted by Gasteiger charge is -2.33. The Kier molecular flexibility index (Phi) is 8.52. The van der Waals surface area contributed by atoms with Crippen molar-refractivity contribution >= 4 is 11.8 Å². The van der Waals surface area contributed by atoms with Crippen molar-refractivity contribution in [1.82, 2.24) is 15.1 Å². The molecular formula is C21H30F3N3O3. The molecule has 0 radical (unpaired) electrons. The zero-order valence-corrected chi connectivity index (χ0v) is 17.7. The molecule has 0 saturated carbocycles. The Morgan fingerprint density at radius 1 is 1.27 bits per heavy atom. The Morgan fingerprint density at radius 2 is 1.93 bits per heavy atom. The molecular weight excluding hydrogens is 399 g/mol. The van der Waals surface area contributed by atoms with Crippen molar-refractivity contribution < 1.29 is 27.5 Å². The van der Waals surface area contributed by atoms with Crippen molar-refractivity contribution in [3.8, 4) is 5.75 Å². The molecule has 1 aromatic rings. The van der Waals surface area contributed by atoms with E-state index in [4.69, 9.17) is 4.74 Å². The van der Waals surface area contributed by atoms with Gasteiger partial charge in [0.05, 0.1) is 6.54 Å². The van der Waals surface area contributed by atoms with Crippen LogP contribution in [0.1, 0.15) is 32.3 Å². The molecule has 1 fully saturated rings. The quantitative estimate of drug-likeness (QED) is 0.691. The smallest absolute Gasteiger partial charge is 0.422 e. The van der Waals surface area contributed by atoms with E-state index in [0.717, 1.165) is 12.8 Å². The van der Waals surface area contributed by atoms with Crippen LogP contribution in [0.15, 0.2) is 24.3 Å². The summed E-state index contributed by atoms with van der Waals surface area (Å²) in [5, 5.41) is 2.78. The fourth-order valence-corrected chi connectivity index (χ4v) is 3.25. The number of alkyl halides is 3. The number of rotatable bonds is 8. The van der Waals surface area contributed by atoms with E-state index in [1.165, 1.54) is 12.1 Å². The molecule has 30 heavy (non-hydrogen) atoms. The summed E-state index contributed by atoms with van der Waals surface area (Å²) in [6, 6.07) is 6.39. The summed E-state index contributed by atoms with van der Waals surface area (Å²) >= 11 is 0. The van der Waals surface area contributed by atoms with Gasteiger partial charge < -0.3 is 15.0 Å². The second-order valence-electron chi connectivity index (χ2n) is 7.92. The van der Waals surface area contributed by atoms with Gasteiger partial charge in [-0.3, -0.25) is 14.5 Å². The zero-order valence-electron chi connectivity index (χ0n) is 17.7. The maximum atomic E-state index is 12.4. The molecule has 2 rings (SSSR count). The van der Waals surface area contributed by atoms with Gasteiger partial charge >= 0.3 is 6.18 Å². The first kappa shape index (κ1) is 24.0. The fourth-order valence-electron chi connectivity index (χ4n) is 3.25. The maximum Gasteiger partial charge on any atom is 0.422 e. The number of carbonyl (C=O) groups excluding carboxylic acids is 2. The van der Waals surface area contributed by atoms with Gasteiger partial charge in [0.2, 0.25) is 11.8 Å². The number of ether oxygens (including phenoxy) is 1. The highest BCUT2D eigenvalue weighted by molar-refractivity contribution is 5.79. The Labute approximate surface area is 175 Å². The van der Waals surface area contributed by atoms with Crippen LogP contribution in [-0.4, -0.2) is 67.1 Å². The topological polar surface area (TPSA) is 61.9 Å². The third-order valence-corrected chi connectivity index (χ3v) is 5.22. The van der Waals surface area contributed by atoms with Crippen LogP contribution in [0.5, 0.6) is 5.75 Å². The van der Waals surface area contributed by atoms with Gasteiger partial charge in [-0.2, -0.15) is 13.2 Å². The van der Waals surface area contributed by atoms with Gasteiger partial charge in [0.25, 0.3) is 0 Å². The first-order valence-corrected chi connectivity index (χ1v) is 10.1. The Hall–Kier alpha value is -2.29. The van der Waals surface area contributed by atoms with Gasteiger partial charge in [-0.25, -0.2) is 0 Å². The summed E-state index contributed by atoms with van der Waals surface area (Å²) < 4.78 is 41.5. The van der Waals surface area contributed by atoms with E-state index in [9.17, 15) is 22.8 Å². The zero-order chi connectivity index (χ0) is 22.3. The molecule has 1 aliphatic rings. The lowest BCUT2D eigenvalue weighted by Crippen LogP contribution is -2.45. The first-order valence-electron chi connectivity index (χ1n) is 10.1. The van der Waals surface area contributed by atoms with Crippen LogP contribution >= 0.6 is 0 Å². The summed E-state index contributed by atoms with van der Waals surface area (Å²) in [5.41, 5.74) is 0.657. The molecule has 0 atom stereocenters. The molecule has 0 spiro atoms. The number of nitrogens with one attached hydrogen (secondary N) is 1. The number of likely N-dealkylation sites (tertiary alicyclic amines) is 1. The monoisotopic (exact) mass is 429 g/mol. The first-order chi connectivity index (χ1) is 14.0. The van der Waals surface area contributed by atoms with Crippen LogP contribution in [0.25, 0.3) is 0 Å². The Bertz CT molecular complexity index is 717. The lowest BCUT2D eigenvalue weighted by molar-refractivity contribution is -0.153. The van der Waals surface area contributed by atoms with Gasteiger partial charge in [-0.15, -0.1) is 0 Å². The van der Waals surface area contributed by atoms with Crippen molar-refractivity contribution in [3.05, 3.63) is 29.8 Å². The summed E-state index contributed by atoms with van der Waals surface area (Å²) in [5.74, 6) is 0.0933. The molecule has 0 aromatic heterocycles. The minimum Gasteiger partial charge on any atom is -0.484 e. The van der Waals surface area contributed by atoms with Crippen LogP contribution in [0.2, 0.25) is 0 Å². The van der Waals surface area contributed by atoms with Crippen LogP contribution in [-0.2, 0) is 16.1 Å². The Morgan fingerprint density at radius 3 is 2.53 bits per heavy atom. The molecule has 9 heteroatoms. The van der Waals surface area contributed by atoms with E-state index in [-0.39, 0.29) is 42.6 Å². The van der Waals surface area contributed by atoms with Crippen LogP contribution in [0.4, 0.5) is 13.2 Å². The fraction of sp³-hybridized carbons (Fsp3) is 0.619. The van der Waals surface area contributed by atoms with Crippen molar-refractivity contribution in [2.75, 3.05) is 33.3 Å². The van der Waals surface area contributed by atoms with Crippen molar-refractivity contribution in [2.45, 2.75) is 45.5 Å². The number of piperidine rings is 1. The molecule has 1 N–H and O–H groups in total. The summed E-state index contributed by atoms with van der Waals surface area (Å²) in [6.07, 6.45) is -2.95. The number of hydrogen-bond acceptors (Lipinski definition) is 4. The SMILES string of the molecule is CC(C)N(C)C(=O)C1CCN(CC(=O)NCc2cccc(OCC(F)(F)F)c2)CC1. The highest BCUT2D eigenvalue weighted by Gasteiger charge is 2.29. The third-order valence-electron chi connectivity index (χ3n) is 5.22. The summed E-state index contributed by atoms with van der Waals surface area (Å²) in [7, 11) is 1.82. The van der Waals surface area contributed by atoms with Gasteiger partial charge in [-0.05, 0) is 57.5 Å². The molecule has 0 bridgehead atoms. The van der Waals surface area contributed by atoms with Crippen LogP contribution in [0, 0.1) is 5.92 Å². The normalized spacial score (nSPS) is 15.8. The highest BCUT2D eigenvalue weighted by atomic mass is 19.4. The average molecular weight is 429 g/mol. The highest BCUT2D eigenvalue weighted by Crippen LogP contribution is 2.21. The number of carbonyl (C=O) groups is 2. The van der Waals surface area contributed by atoms with E-state index in [1.54, 1.807) is 17.0 Å². The summed E-state index contributed by atoms with van der Waals surface area (Å²) in [6.45, 7) is 4.40. The van der Waals surface area contributed by atoms with Gasteiger partial charge in [0, 0.05) is 25.6 Å². The Balaban J connectivity index is 1.74. The predicted molar refractivity (Wildman–Crippen MR) is 107 cm³/mol.